The Morgan fingerprint density at radius 2 is 1.74 bits per heavy atom. The molecular formula is C22H27N3O2. The van der Waals surface area contributed by atoms with E-state index in [1.54, 1.807) is 14.2 Å². The molecule has 0 spiro atoms. The number of nitrogens with one attached hydrogen (secondary N) is 2. The van der Waals surface area contributed by atoms with Crippen LogP contribution in [0.15, 0.2) is 36.4 Å². The van der Waals surface area contributed by atoms with Crippen molar-refractivity contribution in [3.05, 3.63) is 47.7 Å². The van der Waals surface area contributed by atoms with Crippen LogP contribution in [0.5, 0.6) is 11.5 Å². The average molecular weight is 365 g/mol. The van der Waals surface area contributed by atoms with Crippen LogP contribution < -0.4 is 20.1 Å². The zero-order valence-corrected chi connectivity index (χ0v) is 16.4. The number of methoxy groups -OCH3 is 2. The number of rotatable bonds is 5. The van der Waals surface area contributed by atoms with Crippen LogP contribution in [-0.2, 0) is 19.9 Å². The summed E-state index contributed by atoms with van der Waals surface area (Å²) in [6, 6.07) is 13.1. The lowest BCUT2D eigenvalue weighted by Crippen LogP contribution is -2.31. The Bertz CT molecular complexity index is 977. The third-order valence-corrected chi connectivity index (χ3v) is 5.70. The number of ether oxygens (including phenoxy) is 2. The number of aryl methyl sites for hydroxylation is 1. The lowest BCUT2D eigenvalue weighted by Gasteiger charge is -2.22. The Hall–Kier alpha value is -2.66. The first-order chi connectivity index (χ1) is 13.1. The molecule has 1 aliphatic rings. The van der Waals surface area contributed by atoms with E-state index in [1.807, 2.05) is 18.2 Å². The molecule has 0 amide bonds. The van der Waals surface area contributed by atoms with Crippen molar-refractivity contribution in [1.29, 1.82) is 0 Å². The maximum absolute atomic E-state index is 5.40. The van der Waals surface area contributed by atoms with Crippen LogP contribution >= 0.6 is 0 Å². The molecule has 1 atom stereocenters. The van der Waals surface area contributed by atoms with E-state index >= 15 is 0 Å². The van der Waals surface area contributed by atoms with E-state index in [0.29, 0.717) is 6.04 Å². The van der Waals surface area contributed by atoms with Crippen molar-refractivity contribution >= 4 is 22.3 Å². The third kappa shape index (κ3) is 3.12. The van der Waals surface area contributed by atoms with Gasteiger partial charge in [-0.2, -0.15) is 0 Å². The van der Waals surface area contributed by atoms with Gasteiger partial charge in [-0.1, -0.05) is 6.07 Å². The van der Waals surface area contributed by atoms with Crippen molar-refractivity contribution < 1.29 is 9.47 Å². The van der Waals surface area contributed by atoms with E-state index in [1.165, 1.54) is 28.6 Å². The summed E-state index contributed by atoms with van der Waals surface area (Å²) >= 11 is 0. The molecule has 2 aromatic carbocycles. The van der Waals surface area contributed by atoms with Crippen molar-refractivity contribution in [2.24, 2.45) is 7.05 Å². The molecule has 0 saturated carbocycles. The highest BCUT2D eigenvalue weighted by atomic mass is 16.5. The maximum atomic E-state index is 5.40. The number of hydrogen-bond donors (Lipinski definition) is 2. The van der Waals surface area contributed by atoms with Crippen LogP contribution in [0.1, 0.15) is 17.7 Å². The van der Waals surface area contributed by atoms with Crippen molar-refractivity contribution in [3.8, 4) is 11.5 Å². The minimum absolute atomic E-state index is 0.577. The number of fused-ring (bicyclic) bond motifs is 3. The number of likely N-dealkylation sites (N-methyl/N-ethyl adjacent to an activating group) is 1. The quantitative estimate of drug-likeness (QED) is 0.717. The van der Waals surface area contributed by atoms with Crippen LogP contribution in [0.25, 0.3) is 10.9 Å². The Kier molecular flexibility index (Phi) is 4.70. The molecule has 1 aliphatic carbocycles. The fourth-order valence-corrected chi connectivity index (χ4v) is 4.18. The highest BCUT2D eigenvalue weighted by Crippen LogP contribution is 2.35. The molecule has 4 rings (SSSR count). The largest absolute Gasteiger partial charge is 0.493 e. The Labute approximate surface area is 160 Å². The monoisotopic (exact) mass is 365 g/mol. The summed E-state index contributed by atoms with van der Waals surface area (Å²) in [5.41, 5.74) is 6.29. The van der Waals surface area contributed by atoms with E-state index in [0.717, 1.165) is 35.7 Å². The molecule has 0 fully saturated rings. The van der Waals surface area contributed by atoms with Crippen molar-refractivity contribution in [3.63, 3.8) is 0 Å². The number of nitrogens with zero attached hydrogens (tertiary/aromatic N) is 1. The van der Waals surface area contributed by atoms with Gasteiger partial charge in [0.25, 0.3) is 0 Å². The topological polar surface area (TPSA) is 47.4 Å². The number of hydrogen-bond acceptors (Lipinski definition) is 4. The highest BCUT2D eigenvalue weighted by Gasteiger charge is 2.23. The van der Waals surface area contributed by atoms with Gasteiger partial charge in [0.15, 0.2) is 11.5 Å². The summed E-state index contributed by atoms with van der Waals surface area (Å²) in [7, 11) is 7.54. The van der Waals surface area contributed by atoms with Gasteiger partial charge in [-0.05, 0) is 56.1 Å². The van der Waals surface area contributed by atoms with Gasteiger partial charge in [-0.3, -0.25) is 0 Å². The van der Waals surface area contributed by atoms with Gasteiger partial charge in [0, 0.05) is 41.6 Å². The number of aromatic nitrogens is 1. The molecule has 0 saturated heterocycles. The summed E-state index contributed by atoms with van der Waals surface area (Å²) in [6.07, 6.45) is 3.43. The molecule has 3 aromatic rings. The lowest BCUT2D eigenvalue weighted by atomic mass is 9.91. The van der Waals surface area contributed by atoms with Crippen molar-refractivity contribution in [1.82, 2.24) is 9.88 Å². The Morgan fingerprint density at radius 3 is 2.48 bits per heavy atom. The summed E-state index contributed by atoms with van der Waals surface area (Å²) < 4.78 is 13.1. The van der Waals surface area contributed by atoms with Crippen molar-refractivity contribution in [2.75, 3.05) is 26.6 Å². The second-order valence-corrected chi connectivity index (χ2v) is 7.14. The molecule has 5 nitrogen and oxygen atoms in total. The van der Waals surface area contributed by atoms with Crippen LogP contribution in [0, 0.1) is 0 Å². The normalized spacial score (nSPS) is 16.2. The molecule has 2 N–H and O–H groups in total. The minimum Gasteiger partial charge on any atom is -0.493 e. The molecule has 27 heavy (non-hydrogen) atoms. The van der Waals surface area contributed by atoms with Gasteiger partial charge in [0.1, 0.15) is 0 Å². The molecule has 0 radical (unpaired) electrons. The van der Waals surface area contributed by atoms with Crippen LogP contribution in [0.2, 0.25) is 0 Å². The SMILES string of the molecule is CNC1CCc2c(c3ccc(Nc4ccc(OC)c(OC)c4)cc3n2C)C1. The summed E-state index contributed by atoms with van der Waals surface area (Å²) in [6.45, 7) is 0. The Balaban J connectivity index is 1.68. The molecule has 1 heterocycles. The average Bonchev–Trinajstić information content (AvgIpc) is 2.99. The minimum atomic E-state index is 0.577. The summed E-state index contributed by atoms with van der Waals surface area (Å²) in [5, 5.41) is 8.29. The smallest absolute Gasteiger partial charge is 0.162 e. The van der Waals surface area contributed by atoms with Gasteiger partial charge in [-0.15, -0.1) is 0 Å². The third-order valence-electron chi connectivity index (χ3n) is 5.70. The molecule has 142 valence electrons. The maximum Gasteiger partial charge on any atom is 0.162 e. The molecule has 0 bridgehead atoms. The van der Waals surface area contributed by atoms with Crippen LogP contribution in [0.3, 0.4) is 0 Å². The van der Waals surface area contributed by atoms with Crippen LogP contribution in [-0.4, -0.2) is 31.9 Å². The summed E-state index contributed by atoms with van der Waals surface area (Å²) in [4.78, 5) is 0. The van der Waals surface area contributed by atoms with Gasteiger partial charge in [-0.25, -0.2) is 0 Å². The molecule has 5 heteroatoms. The number of benzene rings is 2. The second-order valence-electron chi connectivity index (χ2n) is 7.14. The predicted octanol–water partition coefficient (Wildman–Crippen LogP) is 4.02. The highest BCUT2D eigenvalue weighted by molar-refractivity contribution is 5.89. The molecule has 1 aromatic heterocycles. The summed E-state index contributed by atoms with van der Waals surface area (Å²) in [5.74, 6) is 1.45. The van der Waals surface area contributed by atoms with Gasteiger partial charge in [0.2, 0.25) is 0 Å². The predicted molar refractivity (Wildman–Crippen MR) is 111 cm³/mol. The fraction of sp³-hybridized carbons (Fsp3) is 0.364. The molecular weight excluding hydrogens is 338 g/mol. The van der Waals surface area contributed by atoms with E-state index in [4.69, 9.17) is 9.47 Å². The van der Waals surface area contributed by atoms with E-state index in [-0.39, 0.29) is 0 Å². The number of anilines is 2. The van der Waals surface area contributed by atoms with E-state index in [9.17, 15) is 0 Å². The van der Waals surface area contributed by atoms with Crippen molar-refractivity contribution in [2.45, 2.75) is 25.3 Å². The first-order valence-electron chi connectivity index (χ1n) is 9.41. The molecule has 1 unspecified atom stereocenters. The first-order valence-corrected chi connectivity index (χ1v) is 9.41. The van der Waals surface area contributed by atoms with E-state index in [2.05, 4.69) is 47.5 Å². The second kappa shape index (κ2) is 7.16. The first kappa shape index (κ1) is 17.7. The van der Waals surface area contributed by atoms with Gasteiger partial charge >= 0.3 is 0 Å². The zero-order valence-electron chi connectivity index (χ0n) is 16.4. The Morgan fingerprint density at radius 1 is 1.00 bits per heavy atom. The van der Waals surface area contributed by atoms with E-state index < -0.39 is 0 Å². The fourth-order valence-electron chi connectivity index (χ4n) is 4.18. The lowest BCUT2D eigenvalue weighted by molar-refractivity contribution is 0.355. The standard InChI is InChI=1S/C22H27N3O2/c1-23-14-6-9-19-18(11-14)17-8-5-15(12-20(17)25(19)2)24-16-7-10-21(26-3)22(13-16)27-4/h5,7-8,10,12-14,23-24H,6,9,11H2,1-4H3. The van der Waals surface area contributed by atoms with Crippen LogP contribution in [0.4, 0.5) is 11.4 Å². The molecule has 0 aliphatic heterocycles. The van der Waals surface area contributed by atoms with Gasteiger partial charge < -0.3 is 24.7 Å². The zero-order chi connectivity index (χ0) is 19.0. The van der Waals surface area contributed by atoms with Gasteiger partial charge in [0.05, 0.1) is 19.7 Å².